The standard InChI is InChI=1S/C17H25N3O/c1-13-11-15(18-2)14(12-19-13)16(21)20-9-7-17(8-10-20)5-3-4-6-17/h11-12H,3-10H2,1-2H3,(H,18,19). The van der Waals surface area contributed by atoms with Gasteiger partial charge in [-0.2, -0.15) is 0 Å². The van der Waals surface area contributed by atoms with Gasteiger partial charge in [-0.25, -0.2) is 0 Å². The lowest BCUT2D eigenvalue weighted by Gasteiger charge is -2.39. The van der Waals surface area contributed by atoms with Gasteiger partial charge in [0.2, 0.25) is 0 Å². The minimum atomic E-state index is 0.125. The predicted molar refractivity (Wildman–Crippen MR) is 84.6 cm³/mol. The normalized spacial score (nSPS) is 20.8. The summed E-state index contributed by atoms with van der Waals surface area (Å²) in [6, 6.07) is 1.94. The Kier molecular flexibility index (Phi) is 3.87. The van der Waals surface area contributed by atoms with Crippen LogP contribution >= 0.6 is 0 Å². The summed E-state index contributed by atoms with van der Waals surface area (Å²) in [4.78, 5) is 19.0. The number of carbonyl (C=O) groups excluding carboxylic acids is 1. The Hall–Kier alpha value is -1.58. The van der Waals surface area contributed by atoms with Crippen molar-refractivity contribution >= 4 is 11.6 Å². The Morgan fingerprint density at radius 1 is 1.24 bits per heavy atom. The Morgan fingerprint density at radius 2 is 1.90 bits per heavy atom. The van der Waals surface area contributed by atoms with Gasteiger partial charge in [-0.15, -0.1) is 0 Å². The van der Waals surface area contributed by atoms with Crippen molar-refractivity contribution in [2.75, 3.05) is 25.5 Å². The summed E-state index contributed by atoms with van der Waals surface area (Å²) < 4.78 is 0. The molecule has 2 heterocycles. The van der Waals surface area contributed by atoms with E-state index in [-0.39, 0.29) is 5.91 Å². The molecule has 2 fully saturated rings. The molecule has 1 amide bonds. The summed E-state index contributed by atoms with van der Waals surface area (Å²) in [5.41, 5.74) is 3.06. The van der Waals surface area contributed by atoms with Crippen LogP contribution in [0.25, 0.3) is 0 Å². The van der Waals surface area contributed by atoms with Gasteiger partial charge in [-0.3, -0.25) is 9.78 Å². The quantitative estimate of drug-likeness (QED) is 0.908. The van der Waals surface area contributed by atoms with Crippen molar-refractivity contribution in [2.45, 2.75) is 45.4 Å². The summed E-state index contributed by atoms with van der Waals surface area (Å²) in [7, 11) is 1.86. The van der Waals surface area contributed by atoms with E-state index >= 15 is 0 Å². The van der Waals surface area contributed by atoms with Gasteiger partial charge < -0.3 is 10.2 Å². The van der Waals surface area contributed by atoms with E-state index < -0.39 is 0 Å². The molecule has 1 aliphatic carbocycles. The van der Waals surface area contributed by atoms with Crippen molar-refractivity contribution in [3.05, 3.63) is 23.5 Å². The fourth-order valence-electron chi connectivity index (χ4n) is 3.92. The van der Waals surface area contributed by atoms with Crippen LogP contribution in [0.15, 0.2) is 12.3 Å². The van der Waals surface area contributed by atoms with Gasteiger partial charge in [0.25, 0.3) is 5.91 Å². The number of likely N-dealkylation sites (tertiary alicyclic amines) is 1. The van der Waals surface area contributed by atoms with Crippen LogP contribution in [0.1, 0.15) is 54.6 Å². The van der Waals surface area contributed by atoms with Gasteiger partial charge in [-0.05, 0) is 44.1 Å². The van der Waals surface area contributed by atoms with Crippen LogP contribution in [0.4, 0.5) is 5.69 Å². The third-order valence-electron chi connectivity index (χ3n) is 5.32. The molecule has 21 heavy (non-hydrogen) atoms. The lowest BCUT2D eigenvalue weighted by molar-refractivity contribution is 0.0588. The van der Waals surface area contributed by atoms with Gasteiger partial charge in [0.05, 0.1) is 11.3 Å². The van der Waals surface area contributed by atoms with Gasteiger partial charge >= 0.3 is 0 Å². The van der Waals surface area contributed by atoms with E-state index in [1.54, 1.807) is 6.20 Å². The number of amides is 1. The third kappa shape index (κ3) is 2.76. The van der Waals surface area contributed by atoms with Crippen molar-refractivity contribution in [3.63, 3.8) is 0 Å². The number of rotatable bonds is 2. The lowest BCUT2D eigenvalue weighted by atomic mass is 9.77. The average Bonchev–Trinajstić information content (AvgIpc) is 2.95. The topological polar surface area (TPSA) is 45.2 Å². The Morgan fingerprint density at radius 3 is 2.52 bits per heavy atom. The van der Waals surface area contributed by atoms with Crippen LogP contribution in [-0.4, -0.2) is 35.9 Å². The van der Waals surface area contributed by atoms with Crippen LogP contribution in [0.5, 0.6) is 0 Å². The van der Waals surface area contributed by atoms with Gasteiger partial charge in [0.15, 0.2) is 0 Å². The molecule has 114 valence electrons. The van der Waals surface area contributed by atoms with Crippen molar-refractivity contribution in [2.24, 2.45) is 5.41 Å². The second-order valence-corrected chi connectivity index (χ2v) is 6.62. The molecule has 1 aromatic rings. The largest absolute Gasteiger partial charge is 0.387 e. The monoisotopic (exact) mass is 287 g/mol. The number of hydrogen-bond acceptors (Lipinski definition) is 3. The molecular weight excluding hydrogens is 262 g/mol. The second kappa shape index (κ2) is 5.66. The molecule has 0 unspecified atom stereocenters. The highest BCUT2D eigenvalue weighted by Crippen LogP contribution is 2.46. The van der Waals surface area contributed by atoms with Crippen LogP contribution in [-0.2, 0) is 0 Å². The first kappa shape index (κ1) is 14.4. The number of aryl methyl sites for hydroxylation is 1. The fourth-order valence-corrected chi connectivity index (χ4v) is 3.92. The first-order chi connectivity index (χ1) is 10.1. The maximum absolute atomic E-state index is 12.7. The number of anilines is 1. The van der Waals surface area contributed by atoms with Crippen molar-refractivity contribution < 1.29 is 4.79 Å². The summed E-state index contributed by atoms with van der Waals surface area (Å²) in [6.07, 6.45) is 9.54. The van der Waals surface area contributed by atoms with Crippen molar-refractivity contribution in [1.82, 2.24) is 9.88 Å². The molecule has 0 aromatic carbocycles. The predicted octanol–water partition coefficient (Wildman–Crippen LogP) is 3.23. The Balaban J connectivity index is 1.72. The zero-order valence-electron chi connectivity index (χ0n) is 13.1. The summed E-state index contributed by atoms with van der Waals surface area (Å²) >= 11 is 0. The number of nitrogens with zero attached hydrogens (tertiary/aromatic N) is 2. The third-order valence-corrected chi connectivity index (χ3v) is 5.32. The maximum atomic E-state index is 12.7. The van der Waals surface area contributed by atoms with Crippen LogP contribution in [0.3, 0.4) is 0 Å². The highest BCUT2D eigenvalue weighted by Gasteiger charge is 2.38. The molecule has 4 heteroatoms. The minimum Gasteiger partial charge on any atom is -0.387 e. The highest BCUT2D eigenvalue weighted by atomic mass is 16.2. The molecule has 1 spiro atoms. The molecular formula is C17H25N3O. The van der Waals surface area contributed by atoms with E-state index in [1.807, 2.05) is 24.9 Å². The number of piperidine rings is 1. The summed E-state index contributed by atoms with van der Waals surface area (Å²) in [5.74, 6) is 0.125. The molecule has 4 nitrogen and oxygen atoms in total. The van der Waals surface area contributed by atoms with E-state index in [2.05, 4.69) is 10.3 Å². The zero-order valence-corrected chi connectivity index (χ0v) is 13.1. The molecule has 1 aromatic heterocycles. The number of hydrogen-bond donors (Lipinski definition) is 1. The van der Waals surface area contributed by atoms with Gasteiger partial charge in [0.1, 0.15) is 0 Å². The van der Waals surface area contributed by atoms with E-state index in [4.69, 9.17) is 0 Å². The number of nitrogens with one attached hydrogen (secondary N) is 1. The molecule has 1 saturated heterocycles. The molecule has 0 atom stereocenters. The number of carbonyl (C=O) groups is 1. The van der Waals surface area contributed by atoms with E-state index in [0.717, 1.165) is 24.5 Å². The van der Waals surface area contributed by atoms with E-state index in [9.17, 15) is 4.79 Å². The Labute approximate surface area is 126 Å². The first-order valence-corrected chi connectivity index (χ1v) is 8.07. The highest BCUT2D eigenvalue weighted by molar-refractivity contribution is 5.99. The molecule has 1 saturated carbocycles. The summed E-state index contributed by atoms with van der Waals surface area (Å²) in [6.45, 7) is 3.74. The molecule has 3 rings (SSSR count). The SMILES string of the molecule is CNc1cc(C)ncc1C(=O)N1CCC2(CCCC2)CC1. The van der Waals surface area contributed by atoms with Crippen LogP contribution in [0, 0.1) is 12.3 Å². The van der Waals surface area contributed by atoms with Gasteiger partial charge in [-0.1, -0.05) is 12.8 Å². The lowest BCUT2D eigenvalue weighted by Crippen LogP contribution is -2.42. The molecule has 1 aliphatic heterocycles. The van der Waals surface area contributed by atoms with E-state index in [0.29, 0.717) is 11.0 Å². The van der Waals surface area contributed by atoms with Crippen molar-refractivity contribution in [3.8, 4) is 0 Å². The van der Waals surface area contributed by atoms with Crippen LogP contribution in [0.2, 0.25) is 0 Å². The Bertz CT molecular complexity index is 525. The zero-order chi connectivity index (χ0) is 14.9. The molecule has 0 bridgehead atoms. The second-order valence-electron chi connectivity index (χ2n) is 6.62. The average molecular weight is 287 g/mol. The maximum Gasteiger partial charge on any atom is 0.257 e. The van der Waals surface area contributed by atoms with E-state index in [1.165, 1.54) is 38.5 Å². The fraction of sp³-hybridized carbons (Fsp3) is 0.647. The van der Waals surface area contributed by atoms with Crippen LogP contribution < -0.4 is 5.32 Å². The number of pyridine rings is 1. The van der Waals surface area contributed by atoms with Gasteiger partial charge in [0, 0.05) is 32.0 Å². The van der Waals surface area contributed by atoms with Crippen molar-refractivity contribution in [1.29, 1.82) is 0 Å². The summed E-state index contributed by atoms with van der Waals surface area (Å²) in [5, 5.41) is 3.12. The molecule has 2 aliphatic rings. The molecule has 1 N–H and O–H groups in total. The first-order valence-electron chi connectivity index (χ1n) is 8.07. The molecule has 0 radical (unpaired) electrons. The smallest absolute Gasteiger partial charge is 0.257 e. The number of aromatic nitrogens is 1. The minimum absolute atomic E-state index is 0.125.